The van der Waals surface area contributed by atoms with Gasteiger partial charge in [-0.05, 0) is 13.8 Å². The smallest absolute Gasteiger partial charge is 0.255 e. The SMILES string of the molecule is CO[C@@H]1[C@@H](Nc2ncc(F)c(NCC(F)F)n2)COC1(C)C. The number of hydrogen-bond acceptors (Lipinski definition) is 6. The standard InChI is InChI=1S/C13H19F3N4O2/c1-13(2)10(21-3)8(6-22-13)19-12-18-4-7(14)11(20-12)17-5-9(15)16/h4,8-10H,5-6H2,1-3H3,(H2,17,18,19,20)/t8-,10+/m0/s1. The lowest BCUT2D eigenvalue weighted by Crippen LogP contribution is -2.43. The second kappa shape index (κ2) is 6.66. The molecule has 1 saturated heterocycles. The maximum Gasteiger partial charge on any atom is 0.255 e. The molecule has 2 N–H and O–H groups in total. The second-order valence-electron chi connectivity index (χ2n) is 5.48. The Balaban J connectivity index is 2.08. The van der Waals surface area contributed by atoms with Crippen molar-refractivity contribution in [2.45, 2.75) is 38.0 Å². The first-order chi connectivity index (χ1) is 10.3. The molecule has 0 bridgehead atoms. The van der Waals surface area contributed by atoms with Gasteiger partial charge in [0.1, 0.15) is 6.10 Å². The Morgan fingerprint density at radius 2 is 2.23 bits per heavy atom. The van der Waals surface area contributed by atoms with Crippen LogP contribution in [0.2, 0.25) is 0 Å². The van der Waals surface area contributed by atoms with Crippen LogP contribution in [0.15, 0.2) is 6.20 Å². The van der Waals surface area contributed by atoms with Crippen LogP contribution in [0, 0.1) is 5.82 Å². The van der Waals surface area contributed by atoms with Gasteiger partial charge >= 0.3 is 0 Å². The molecule has 0 aromatic carbocycles. The molecule has 9 heteroatoms. The zero-order valence-electron chi connectivity index (χ0n) is 12.6. The van der Waals surface area contributed by atoms with Crippen LogP contribution in [0.25, 0.3) is 0 Å². The maximum atomic E-state index is 13.5. The molecule has 2 rings (SSSR count). The minimum Gasteiger partial charge on any atom is -0.376 e. The van der Waals surface area contributed by atoms with E-state index in [9.17, 15) is 13.2 Å². The fourth-order valence-electron chi connectivity index (χ4n) is 2.42. The van der Waals surface area contributed by atoms with E-state index >= 15 is 0 Å². The monoisotopic (exact) mass is 320 g/mol. The average Bonchev–Trinajstić information content (AvgIpc) is 2.73. The van der Waals surface area contributed by atoms with Crippen molar-refractivity contribution in [2.75, 3.05) is 30.9 Å². The highest BCUT2D eigenvalue weighted by molar-refractivity contribution is 5.42. The van der Waals surface area contributed by atoms with Gasteiger partial charge in [-0.15, -0.1) is 0 Å². The summed E-state index contributed by atoms with van der Waals surface area (Å²) < 4.78 is 48.9. The van der Waals surface area contributed by atoms with Crippen molar-refractivity contribution in [1.82, 2.24) is 9.97 Å². The Morgan fingerprint density at radius 1 is 1.50 bits per heavy atom. The lowest BCUT2D eigenvalue weighted by Gasteiger charge is -2.27. The van der Waals surface area contributed by atoms with Crippen molar-refractivity contribution in [3.8, 4) is 0 Å². The van der Waals surface area contributed by atoms with Crippen molar-refractivity contribution in [3.05, 3.63) is 12.0 Å². The Bertz CT molecular complexity index is 516. The molecule has 1 aliphatic heterocycles. The zero-order chi connectivity index (χ0) is 16.3. The summed E-state index contributed by atoms with van der Waals surface area (Å²) in [5.41, 5.74) is -0.483. The van der Waals surface area contributed by atoms with Crippen LogP contribution in [0.5, 0.6) is 0 Å². The second-order valence-corrected chi connectivity index (χ2v) is 5.48. The van der Waals surface area contributed by atoms with Crippen LogP contribution in [-0.4, -0.2) is 54.4 Å². The minimum absolute atomic E-state index is 0.117. The summed E-state index contributed by atoms with van der Waals surface area (Å²) in [5, 5.41) is 5.23. The maximum absolute atomic E-state index is 13.5. The van der Waals surface area contributed by atoms with Crippen LogP contribution >= 0.6 is 0 Å². The summed E-state index contributed by atoms with van der Waals surface area (Å²) in [4.78, 5) is 7.68. The molecule has 22 heavy (non-hydrogen) atoms. The van der Waals surface area contributed by atoms with E-state index in [0.717, 1.165) is 6.20 Å². The Hall–Kier alpha value is -1.61. The number of hydrogen-bond donors (Lipinski definition) is 2. The summed E-state index contributed by atoms with van der Waals surface area (Å²) in [5.74, 6) is -0.950. The van der Waals surface area contributed by atoms with Gasteiger partial charge in [-0.2, -0.15) is 4.98 Å². The fourth-order valence-corrected chi connectivity index (χ4v) is 2.42. The largest absolute Gasteiger partial charge is 0.376 e. The molecule has 0 radical (unpaired) electrons. The molecule has 6 nitrogen and oxygen atoms in total. The summed E-state index contributed by atoms with van der Waals surface area (Å²) in [6.45, 7) is 3.47. The van der Waals surface area contributed by atoms with Crippen molar-refractivity contribution in [1.29, 1.82) is 0 Å². The van der Waals surface area contributed by atoms with Crippen molar-refractivity contribution in [3.63, 3.8) is 0 Å². The third-order valence-electron chi connectivity index (χ3n) is 3.42. The van der Waals surface area contributed by atoms with Crippen LogP contribution in [-0.2, 0) is 9.47 Å². The molecule has 1 fully saturated rings. The number of ether oxygens (including phenoxy) is 2. The van der Waals surface area contributed by atoms with Crippen molar-refractivity contribution >= 4 is 11.8 Å². The van der Waals surface area contributed by atoms with Gasteiger partial charge in [-0.1, -0.05) is 0 Å². The van der Waals surface area contributed by atoms with Gasteiger partial charge in [0.2, 0.25) is 5.95 Å². The number of nitrogens with zero attached hydrogens (tertiary/aromatic N) is 2. The van der Waals surface area contributed by atoms with Gasteiger partial charge in [0.25, 0.3) is 6.43 Å². The fraction of sp³-hybridized carbons (Fsp3) is 0.692. The highest BCUT2D eigenvalue weighted by Gasteiger charge is 2.44. The van der Waals surface area contributed by atoms with Crippen LogP contribution in [0.1, 0.15) is 13.8 Å². The highest BCUT2D eigenvalue weighted by Crippen LogP contribution is 2.29. The molecule has 2 heterocycles. The Kier molecular flexibility index (Phi) is 5.07. The van der Waals surface area contributed by atoms with E-state index < -0.39 is 24.4 Å². The van der Waals surface area contributed by atoms with Crippen molar-refractivity contribution < 1.29 is 22.6 Å². The van der Waals surface area contributed by atoms with E-state index in [-0.39, 0.29) is 23.9 Å². The van der Waals surface area contributed by atoms with E-state index in [4.69, 9.17) is 9.47 Å². The molecule has 1 aromatic rings. The molecule has 0 unspecified atom stereocenters. The third-order valence-corrected chi connectivity index (χ3v) is 3.42. The minimum atomic E-state index is -2.60. The van der Waals surface area contributed by atoms with E-state index in [1.165, 1.54) is 0 Å². The molecule has 1 aromatic heterocycles. The van der Waals surface area contributed by atoms with Gasteiger partial charge < -0.3 is 20.1 Å². The normalized spacial score (nSPS) is 23.8. The molecule has 0 saturated carbocycles. The van der Waals surface area contributed by atoms with Gasteiger partial charge in [-0.25, -0.2) is 18.2 Å². The first kappa shape index (κ1) is 16.8. The molecule has 0 spiro atoms. The quantitative estimate of drug-likeness (QED) is 0.834. The van der Waals surface area contributed by atoms with Gasteiger partial charge in [0.05, 0.1) is 31.0 Å². The Labute approximate surface area is 126 Å². The van der Waals surface area contributed by atoms with E-state index in [2.05, 4.69) is 20.6 Å². The topological polar surface area (TPSA) is 68.3 Å². The van der Waals surface area contributed by atoms with Crippen LogP contribution < -0.4 is 10.6 Å². The highest BCUT2D eigenvalue weighted by atomic mass is 19.3. The molecule has 124 valence electrons. The molecular weight excluding hydrogens is 301 g/mol. The molecule has 0 aliphatic carbocycles. The van der Waals surface area contributed by atoms with E-state index in [1.54, 1.807) is 7.11 Å². The summed E-state index contributed by atoms with van der Waals surface area (Å²) in [6, 6.07) is -0.228. The lowest BCUT2D eigenvalue weighted by atomic mass is 9.99. The first-order valence-corrected chi connectivity index (χ1v) is 6.81. The molecule has 1 aliphatic rings. The zero-order valence-corrected chi connectivity index (χ0v) is 12.6. The summed E-state index contributed by atoms with van der Waals surface area (Å²) in [7, 11) is 1.57. The predicted octanol–water partition coefficient (Wildman–Crippen LogP) is 1.90. The van der Waals surface area contributed by atoms with E-state index in [1.807, 2.05) is 13.8 Å². The van der Waals surface area contributed by atoms with Crippen LogP contribution in [0.3, 0.4) is 0 Å². The van der Waals surface area contributed by atoms with E-state index in [0.29, 0.717) is 6.61 Å². The number of nitrogens with one attached hydrogen (secondary N) is 2. The first-order valence-electron chi connectivity index (χ1n) is 6.81. The molecular formula is C13H19F3N4O2. The van der Waals surface area contributed by atoms with Crippen molar-refractivity contribution in [2.24, 2.45) is 0 Å². The lowest BCUT2D eigenvalue weighted by molar-refractivity contribution is -0.0472. The number of methoxy groups -OCH3 is 1. The predicted molar refractivity (Wildman–Crippen MR) is 74.7 cm³/mol. The average molecular weight is 320 g/mol. The number of alkyl halides is 2. The molecule has 0 amide bonds. The summed E-state index contributed by atoms with van der Waals surface area (Å²) in [6.07, 6.45) is -1.93. The number of aromatic nitrogens is 2. The molecule has 2 atom stereocenters. The summed E-state index contributed by atoms with van der Waals surface area (Å²) >= 11 is 0. The van der Waals surface area contributed by atoms with Gasteiger partial charge in [-0.3, -0.25) is 0 Å². The Morgan fingerprint density at radius 3 is 2.86 bits per heavy atom. The number of anilines is 2. The van der Waals surface area contributed by atoms with Gasteiger partial charge in [0.15, 0.2) is 11.6 Å². The van der Waals surface area contributed by atoms with Gasteiger partial charge in [0, 0.05) is 7.11 Å². The third kappa shape index (κ3) is 3.77. The number of halogens is 3. The van der Waals surface area contributed by atoms with Crippen LogP contribution in [0.4, 0.5) is 24.9 Å². The number of rotatable bonds is 6.